The normalized spacial score (nSPS) is 32.4. The molecule has 1 aromatic rings. The Labute approximate surface area is 160 Å². The molecular weight excluding hydrogens is 342 g/mol. The van der Waals surface area contributed by atoms with E-state index in [1.807, 2.05) is 30.3 Å². The number of nitrogens with one attached hydrogen (secondary N) is 1. The largest absolute Gasteiger partial charge is 0.469 e. The van der Waals surface area contributed by atoms with Crippen LogP contribution >= 0.6 is 0 Å². The van der Waals surface area contributed by atoms with Crippen LogP contribution in [0.5, 0.6) is 0 Å². The second-order valence-corrected chi connectivity index (χ2v) is 8.56. The lowest BCUT2D eigenvalue weighted by Crippen LogP contribution is -2.53. The van der Waals surface area contributed by atoms with Crippen LogP contribution in [-0.4, -0.2) is 25.2 Å². The van der Waals surface area contributed by atoms with E-state index in [0.717, 1.165) is 37.2 Å². The monoisotopic (exact) mass is 371 g/mol. The number of carbonyl (C=O) groups excluding carboxylic acids is 2. The number of rotatable bonds is 6. The predicted molar refractivity (Wildman–Crippen MR) is 101 cm³/mol. The Hall–Kier alpha value is -2.04. The highest BCUT2D eigenvalue weighted by molar-refractivity contribution is 5.76. The molecule has 27 heavy (non-hydrogen) atoms. The Balaban J connectivity index is 1.43. The smallest absolute Gasteiger partial charge is 0.407 e. The molecule has 0 spiro atoms. The van der Waals surface area contributed by atoms with Gasteiger partial charge in [0.1, 0.15) is 6.61 Å². The molecule has 0 radical (unpaired) electrons. The van der Waals surface area contributed by atoms with E-state index in [2.05, 4.69) is 5.32 Å². The van der Waals surface area contributed by atoms with E-state index in [9.17, 15) is 9.59 Å². The summed E-state index contributed by atoms with van der Waals surface area (Å²) in [5.41, 5.74) is 1.09. The van der Waals surface area contributed by atoms with Crippen molar-refractivity contribution in [2.45, 2.75) is 57.6 Å². The van der Waals surface area contributed by atoms with Crippen molar-refractivity contribution in [2.75, 3.05) is 7.11 Å². The third kappa shape index (κ3) is 3.83. The van der Waals surface area contributed by atoms with Crippen molar-refractivity contribution in [2.24, 2.45) is 23.2 Å². The van der Waals surface area contributed by atoms with Gasteiger partial charge in [0, 0.05) is 6.04 Å². The Morgan fingerprint density at radius 2 is 1.81 bits per heavy atom. The van der Waals surface area contributed by atoms with Gasteiger partial charge in [-0.2, -0.15) is 0 Å². The first-order valence-corrected chi connectivity index (χ1v) is 10.2. The molecule has 4 aliphatic carbocycles. The maximum atomic E-state index is 12.6. The lowest BCUT2D eigenvalue weighted by molar-refractivity contribution is -0.142. The number of hydrogen-bond acceptors (Lipinski definition) is 4. The van der Waals surface area contributed by atoms with Gasteiger partial charge in [-0.15, -0.1) is 0 Å². The SMILES string of the molecule is COC(=O)[C@H]1C[C@@H]1[C@H](NC(=O)OCc1ccccc1)C12CCC(CC1)CC2. The highest BCUT2D eigenvalue weighted by Gasteiger charge is 2.57. The fourth-order valence-electron chi connectivity index (χ4n) is 5.36. The van der Waals surface area contributed by atoms with Crippen LogP contribution in [0, 0.1) is 23.2 Å². The molecule has 0 saturated heterocycles. The Kier molecular flexibility index (Phi) is 5.11. The van der Waals surface area contributed by atoms with Crippen LogP contribution in [0.15, 0.2) is 30.3 Å². The maximum absolute atomic E-state index is 12.6. The zero-order valence-corrected chi connectivity index (χ0v) is 16.0. The predicted octanol–water partition coefficient (Wildman–Crippen LogP) is 4.06. The lowest BCUT2D eigenvalue weighted by Gasteiger charge is -2.51. The first-order chi connectivity index (χ1) is 13.1. The molecule has 5 nitrogen and oxygen atoms in total. The molecule has 2 bridgehead atoms. The molecule has 5 rings (SSSR count). The van der Waals surface area contributed by atoms with Gasteiger partial charge in [-0.05, 0) is 67.8 Å². The van der Waals surface area contributed by atoms with Crippen LogP contribution in [0.2, 0.25) is 0 Å². The number of esters is 1. The van der Waals surface area contributed by atoms with Crippen molar-refractivity contribution in [3.05, 3.63) is 35.9 Å². The minimum absolute atomic E-state index is 0.00567. The highest BCUT2D eigenvalue weighted by Crippen LogP contribution is 2.58. The molecule has 1 N–H and O–H groups in total. The summed E-state index contributed by atoms with van der Waals surface area (Å²) >= 11 is 0. The summed E-state index contributed by atoms with van der Waals surface area (Å²) in [4.78, 5) is 24.6. The fraction of sp³-hybridized carbons (Fsp3) is 0.636. The first kappa shape index (κ1) is 18.3. The quantitative estimate of drug-likeness (QED) is 0.766. The van der Waals surface area contributed by atoms with Gasteiger partial charge in [0.05, 0.1) is 13.0 Å². The number of carbonyl (C=O) groups is 2. The summed E-state index contributed by atoms with van der Waals surface area (Å²) < 4.78 is 10.4. The average Bonchev–Trinajstić information content (AvgIpc) is 3.52. The van der Waals surface area contributed by atoms with E-state index in [0.29, 0.717) is 0 Å². The minimum Gasteiger partial charge on any atom is -0.469 e. The maximum Gasteiger partial charge on any atom is 0.407 e. The number of methoxy groups -OCH3 is 1. The van der Waals surface area contributed by atoms with E-state index in [-0.39, 0.29) is 42.0 Å². The number of alkyl carbamates (subject to hydrolysis) is 1. The lowest BCUT2D eigenvalue weighted by atomic mass is 9.56. The number of amides is 1. The summed E-state index contributed by atoms with van der Waals surface area (Å²) in [5, 5.41) is 3.18. The van der Waals surface area contributed by atoms with E-state index >= 15 is 0 Å². The zero-order chi connectivity index (χ0) is 18.9. The Morgan fingerprint density at radius 3 is 2.44 bits per heavy atom. The molecule has 0 heterocycles. The van der Waals surface area contributed by atoms with Gasteiger partial charge in [0.2, 0.25) is 0 Å². The molecule has 4 aliphatic rings. The fourth-order valence-corrected chi connectivity index (χ4v) is 5.36. The average molecular weight is 371 g/mol. The number of ether oxygens (including phenoxy) is 2. The number of hydrogen-bond donors (Lipinski definition) is 1. The summed E-state index contributed by atoms with van der Waals surface area (Å²) in [5.74, 6) is 0.804. The van der Waals surface area contributed by atoms with Crippen LogP contribution in [0.25, 0.3) is 0 Å². The van der Waals surface area contributed by atoms with E-state index in [1.165, 1.54) is 26.4 Å². The van der Waals surface area contributed by atoms with Crippen LogP contribution < -0.4 is 5.32 Å². The molecule has 4 saturated carbocycles. The number of benzene rings is 1. The van der Waals surface area contributed by atoms with Gasteiger partial charge in [-0.1, -0.05) is 30.3 Å². The van der Waals surface area contributed by atoms with Gasteiger partial charge in [-0.3, -0.25) is 4.79 Å². The van der Waals surface area contributed by atoms with Gasteiger partial charge in [-0.25, -0.2) is 4.79 Å². The topological polar surface area (TPSA) is 64.6 Å². The number of fused-ring (bicyclic) bond motifs is 3. The Morgan fingerprint density at radius 1 is 1.15 bits per heavy atom. The zero-order valence-electron chi connectivity index (χ0n) is 16.0. The van der Waals surface area contributed by atoms with Crippen LogP contribution in [0.3, 0.4) is 0 Å². The third-order valence-electron chi connectivity index (χ3n) is 7.07. The molecular formula is C22H29NO4. The van der Waals surface area contributed by atoms with Crippen molar-refractivity contribution < 1.29 is 19.1 Å². The van der Waals surface area contributed by atoms with Gasteiger partial charge < -0.3 is 14.8 Å². The summed E-state index contributed by atoms with van der Waals surface area (Å²) in [6.45, 7) is 0.263. The van der Waals surface area contributed by atoms with Crippen LogP contribution in [-0.2, 0) is 20.9 Å². The molecule has 0 aliphatic heterocycles. The molecule has 1 amide bonds. The van der Waals surface area contributed by atoms with Gasteiger partial charge in [0.15, 0.2) is 0 Å². The van der Waals surface area contributed by atoms with Crippen LogP contribution in [0.4, 0.5) is 4.79 Å². The highest BCUT2D eigenvalue weighted by atomic mass is 16.5. The summed E-state index contributed by atoms with van der Waals surface area (Å²) in [6, 6.07) is 9.71. The molecule has 146 valence electrons. The molecule has 5 heteroatoms. The van der Waals surface area contributed by atoms with E-state index in [1.54, 1.807) is 0 Å². The van der Waals surface area contributed by atoms with Gasteiger partial charge >= 0.3 is 12.1 Å². The second-order valence-electron chi connectivity index (χ2n) is 8.56. The van der Waals surface area contributed by atoms with Crippen molar-refractivity contribution in [1.29, 1.82) is 0 Å². The summed E-state index contributed by atoms with van der Waals surface area (Å²) in [6.07, 6.45) is 7.60. The molecule has 3 atom stereocenters. The van der Waals surface area contributed by atoms with Gasteiger partial charge in [0.25, 0.3) is 0 Å². The van der Waals surface area contributed by atoms with Crippen molar-refractivity contribution >= 4 is 12.1 Å². The van der Waals surface area contributed by atoms with Crippen molar-refractivity contribution in [3.8, 4) is 0 Å². The van der Waals surface area contributed by atoms with E-state index < -0.39 is 0 Å². The second kappa shape index (κ2) is 7.53. The van der Waals surface area contributed by atoms with Crippen LogP contribution in [0.1, 0.15) is 50.5 Å². The molecule has 4 fully saturated rings. The van der Waals surface area contributed by atoms with E-state index in [4.69, 9.17) is 9.47 Å². The minimum atomic E-state index is -0.374. The molecule has 0 aromatic heterocycles. The third-order valence-corrected chi connectivity index (χ3v) is 7.07. The molecule has 0 unspecified atom stereocenters. The summed E-state index contributed by atoms with van der Waals surface area (Å²) in [7, 11) is 1.44. The first-order valence-electron chi connectivity index (χ1n) is 10.2. The standard InChI is InChI=1S/C22H29NO4/c1-26-20(24)18-13-17(18)19(22-10-7-15(8-11-22)9-12-22)23-21(25)27-14-16-5-3-2-4-6-16/h2-6,15,17-19H,7-14H2,1H3,(H,23,25)/t15?,17-,18-,19-,22?/m0/s1. The molecule has 1 aromatic carbocycles. The van der Waals surface area contributed by atoms with Crippen molar-refractivity contribution in [1.82, 2.24) is 5.32 Å². The Bertz CT molecular complexity index is 667. The van der Waals surface area contributed by atoms with Crippen molar-refractivity contribution in [3.63, 3.8) is 0 Å².